The Balaban J connectivity index is 2.12. The highest BCUT2D eigenvalue weighted by Gasteiger charge is 2.43. The van der Waals surface area contributed by atoms with Crippen LogP contribution >= 0.6 is 11.6 Å². The number of hydrogen-bond donors (Lipinski definition) is 0. The number of allylic oxidation sites excluding steroid dienone is 1. The maximum atomic E-state index is 13.2. The van der Waals surface area contributed by atoms with Crippen molar-refractivity contribution in [2.24, 2.45) is 10.9 Å². The average Bonchev–Trinajstić information content (AvgIpc) is 2.86. The van der Waals surface area contributed by atoms with Gasteiger partial charge in [0.1, 0.15) is 5.92 Å². The van der Waals surface area contributed by atoms with Crippen LogP contribution in [0.2, 0.25) is 0 Å². The van der Waals surface area contributed by atoms with Crippen LogP contribution in [0.3, 0.4) is 0 Å². The molecule has 8 nitrogen and oxygen atoms in total. The maximum Gasteiger partial charge on any atom is 0.336 e. The van der Waals surface area contributed by atoms with Gasteiger partial charge in [-0.1, -0.05) is 42.5 Å². The minimum absolute atomic E-state index is 0.116. The molecule has 3 atom stereocenters. The van der Waals surface area contributed by atoms with Gasteiger partial charge in [0, 0.05) is 23.8 Å². The number of hydrogen-bond acceptors (Lipinski definition) is 7. The number of non-ortho nitro benzene ring substituents is 1. The number of ether oxygens (including phenoxy) is 2. The third-order valence-corrected chi connectivity index (χ3v) is 6.37. The van der Waals surface area contributed by atoms with Crippen molar-refractivity contribution in [2.45, 2.75) is 38.0 Å². The van der Waals surface area contributed by atoms with E-state index in [1.165, 1.54) is 25.3 Å². The minimum Gasteiger partial charge on any atom is -0.468 e. The topological polar surface area (TPSA) is 108 Å². The van der Waals surface area contributed by atoms with E-state index in [9.17, 15) is 19.7 Å². The fourth-order valence-corrected chi connectivity index (χ4v) is 4.55. The van der Waals surface area contributed by atoms with E-state index in [-0.39, 0.29) is 23.2 Å². The van der Waals surface area contributed by atoms with Crippen LogP contribution < -0.4 is 0 Å². The van der Waals surface area contributed by atoms with Crippen molar-refractivity contribution in [2.75, 3.05) is 13.7 Å². The molecule has 0 amide bonds. The SMILES string of the molecule is CCOC(=O)C1=C(CCC(Cl)c2ccccc2)N=C(C)C(C(=O)OC)C1c1cccc([N+](=O)[O-])c1. The predicted octanol–water partition coefficient (Wildman–Crippen LogP) is 5.52. The first-order chi connectivity index (χ1) is 16.8. The van der Waals surface area contributed by atoms with Gasteiger partial charge >= 0.3 is 11.9 Å². The third kappa shape index (κ3) is 5.95. The summed E-state index contributed by atoms with van der Waals surface area (Å²) in [6, 6.07) is 15.4. The smallest absolute Gasteiger partial charge is 0.336 e. The van der Waals surface area contributed by atoms with Crippen molar-refractivity contribution >= 4 is 34.9 Å². The summed E-state index contributed by atoms with van der Waals surface area (Å²) in [6.07, 6.45) is 0.818. The number of alkyl halides is 1. The zero-order valence-corrected chi connectivity index (χ0v) is 20.5. The molecule has 0 radical (unpaired) electrons. The standard InChI is InChI=1S/C26H27ClN2O6/c1-4-35-26(31)24-21(14-13-20(27)17-9-6-5-7-10-17)28-16(2)22(25(30)34-3)23(24)18-11-8-12-19(15-18)29(32)33/h5-12,15,20,22-23H,4,13-14H2,1-3H3. The Morgan fingerprint density at radius 2 is 1.89 bits per heavy atom. The Morgan fingerprint density at radius 3 is 2.51 bits per heavy atom. The van der Waals surface area contributed by atoms with Gasteiger partial charge in [-0.15, -0.1) is 11.6 Å². The molecule has 0 aromatic heterocycles. The van der Waals surface area contributed by atoms with Crippen LogP contribution in [0, 0.1) is 16.0 Å². The summed E-state index contributed by atoms with van der Waals surface area (Å²) < 4.78 is 10.4. The summed E-state index contributed by atoms with van der Waals surface area (Å²) in [5.74, 6) is -3.02. The molecule has 0 bridgehead atoms. The number of esters is 2. The van der Waals surface area contributed by atoms with Crippen LogP contribution in [-0.2, 0) is 19.1 Å². The van der Waals surface area contributed by atoms with E-state index >= 15 is 0 Å². The molecule has 1 aliphatic rings. The number of carbonyl (C=O) groups excluding carboxylic acids is 2. The Bertz CT molecular complexity index is 1160. The molecule has 3 unspecified atom stereocenters. The largest absolute Gasteiger partial charge is 0.468 e. The summed E-state index contributed by atoms with van der Waals surface area (Å²) in [6.45, 7) is 3.48. The molecule has 1 aliphatic heterocycles. The van der Waals surface area contributed by atoms with Crippen LogP contribution in [0.5, 0.6) is 0 Å². The Kier molecular flexibility index (Phi) is 8.76. The van der Waals surface area contributed by atoms with Crippen LogP contribution in [0.15, 0.2) is 70.9 Å². The van der Waals surface area contributed by atoms with Crippen LogP contribution in [-0.4, -0.2) is 36.3 Å². The predicted molar refractivity (Wildman–Crippen MR) is 132 cm³/mol. The first-order valence-electron chi connectivity index (χ1n) is 11.2. The van der Waals surface area contributed by atoms with Crippen LogP contribution in [0.25, 0.3) is 0 Å². The zero-order chi connectivity index (χ0) is 25.5. The number of halogens is 1. The monoisotopic (exact) mass is 498 g/mol. The molecule has 9 heteroatoms. The number of benzene rings is 2. The minimum atomic E-state index is -0.939. The van der Waals surface area contributed by atoms with E-state index in [4.69, 9.17) is 21.1 Å². The van der Waals surface area contributed by atoms with E-state index in [0.717, 1.165) is 5.56 Å². The third-order valence-electron chi connectivity index (χ3n) is 5.90. The zero-order valence-electron chi connectivity index (χ0n) is 19.8. The average molecular weight is 499 g/mol. The van der Waals surface area contributed by atoms with E-state index in [1.54, 1.807) is 19.9 Å². The molecular weight excluding hydrogens is 472 g/mol. The summed E-state index contributed by atoms with van der Waals surface area (Å²) >= 11 is 6.62. The molecule has 184 valence electrons. The van der Waals surface area contributed by atoms with Gasteiger partial charge in [0.2, 0.25) is 0 Å². The van der Waals surface area contributed by atoms with Gasteiger partial charge in [-0.2, -0.15) is 0 Å². The first-order valence-corrected chi connectivity index (χ1v) is 11.7. The lowest BCUT2D eigenvalue weighted by atomic mass is 9.75. The Morgan fingerprint density at radius 1 is 1.17 bits per heavy atom. The highest BCUT2D eigenvalue weighted by molar-refractivity contribution is 6.20. The number of carbonyl (C=O) groups is 2. The van der Waals surface area contributed by atoms with Crippen molar-refractivity contribution in [3.8, 4) is 0 Å². The lowest BCUT2D eigenvalue weighted by molar-refractivity contribution is -0.384. The van der Waals surface area contributed by atoms with E-state index < -0.39 is 28.7 Å². The summed E-state index contributed by atoms with van der Waals surface area (Å²) in [5.41, 5.74) is 2.29. The molecule has 0 N–H and O–H groups in total. The molecule has 0 spiro atoms. The van der Waals surface area contributed by atoms with Gasteiger partial charge in [0.25, 0.3) is 5.69 Å². The second kappa shape index (κ2) is 11.8. The second-order valence-corrected chi connectivity index (χ2v) is 8.61. The molecule has 0 aliphatic carbocycles. The second-order valence-electron chi connectivity index (χ2n) is 8.08. The maximum absolute atomic E-state index is 13.2. The Labute approximate surface area is 208 Å². The fourth-order valence-electron chi connectivity index (χ4n) is 4.29. The normalized spacial score (nSPS) is 18.5. The molecule has 0 saturated heterocycles. The molecule has 3 rings (SSSR count). The van der Waals surface area contributed by atoms with Crippen molar-refractivity contribution < 1.29 is 24.0 Å². The molecule has 0 saturated carbocycles. The number of nitro benzene ring substituents is 1. The van der Waals surface area contributed by atoms with E-state index in [1.807, 2.05) is 30.3 Å². The Hall–Kier alpha value is -3.52. The summed E-state index contributed by atoms with van der Waals surface area (Å²) in [4.78, 5) is 41.6. The van der Waals surface area contributed by atoms with Crippen molar-refractivity contribution in [1.82, 2.24) is 0 Å². The molecule has 0 fully saturated rings. The highest BCUT2D eigenvalue weighted by atomic mass is 35.5. The van der Waals surface area contributed by atoms with Crippen LogP contribution in [0.4, 0.5) is 5.69 Å². The lowest BCUT2D eigenvalue weighted by Gasteiger charge is -2.32. The summed E-state index contributed by atoms with van der Waals surface area (Å²) in [5, 5.41) is 11.1. The molecule has 35 heavy (non-hydrogen) atoms. The molecular formula is C26H27ClN2O6. The van der Waals surface area contributed by atoms with Gasteiger partial charge in [-0.05, 0) is 37.8 Å². The van der Waals surface area contributed by atoms with E-state index in [2.05, 4.69) is 4.99 Å². The number of nitro groups is 1. The van der Waals surface area contributed by atoms with Gasteiger partial charge in [-0.25, -0.2) is 4.79 Å². The quantitative estimate of drug-likeness (QED) is 0.195. The van der Waals surface area contributed by atoms with Gasteiger partial charge in [-0.3, -0.25) is 19.9 Å². The van der Waals surface area contributed by atoms with Crippen molar-refractivity contribution in [3.05, 3.63) is 87.1 Å². The molecule has 2 aromatic rings. The van der Waals surface area contributed by atoms with Gasteiger partial charge in [0.15, 0.2) is 0 Å². The summed E-state index contributed by atoms with van der Waals surface area (Å²) in [7, 11) is 1.25. The molecule has 2 aromatic carbocycles. The van der Waals surface area contributed by atoms with Crippen LogP contribution in [0.1, 0.15) is 49.1 Å². The van der Waals surface area contributed by atoms with Gasteiger partial charge < -0.3 is 9.47 Å². The number of rotatable bonds is 9. The van der Waals surface area contributed by atoms with Crippen molar-refractivity contribution in [1.29, 1.82) is 0 Å². The van der Waals surface area contributed by atoms with Gasteiger partial charge in [0.05, 0.1) is 35.3 Å². The van der Waals surface area contributed by atoms with E-state index in [0.29, 0.717) is 29.8 Å². The fraction of sp³-hybridized carbons (Fsp3) is 0.346. The van der Waals surface area contributed by atoms with Crippen molar-refractivity contribution in [3.63, 3.8) is 0 Å². The molecule has 1 heterocycles. The highest BCUT2D eigenvalue weighted by Crippen LogP contribution is 2.43. The number of aliphatic imine (C=N–C) groups is 1. The lowest BCUT2D eigenvalue weighted by Crippen LogP contribution is -2.36. The number of nitrogens with zero attached hydrogens (tertiary/aromatic N) is 2. The number of methoxy groups -OCH3 is 1. The first kappa shape index (κ1) is 26.1.